The third-order valence-electron chi connectivity index (χ3n) is 5.55. The molecule has 7 nitrogen and oxygen atoms in total. The van der Waals surface area contributed by atoms with Gasteiger partial charge in [-0.05, 0) is 92.9 Å². The normalized spacial score (nSPS) is 13.4. The Hall–Kier alpha value is -3.52. The molecule has 0 saturated carbocycles. The zero-order valence-electron chi connectivity index (χ0n) is 19.4. The molecule has 1 amide bonds. The molecule has 0 atom stereocenters. The second-order valence-electron chi connectivity index (χ2n) is 8.34. The van der Waals surface area contributed by atoms with Gasteiger partial charge in [0.2, 0.25) is 0 Å². The summed E-state index contributed by atoms with van der Waals surface area (Å²) in [4.78, 5) is 13.0. The lowest BCUT2D eigenvalue weighted by Gasteiger charge is -2.31. The van der Waals surface area contributed by atoms with Gasteiger partial charge in [0.05, 0.1) is 23.8 Å². The number of nitrogens with zero attached hydrogens (tertiary/aromatic N) is 1. The summed E-state index contributed by atoms with van der Waals surface area (Å²) >= 11 is 0. The van der Waals surface area contributed by atoms with Crippen LogP contribution < -0.4 is 19.1 Å². The molecule has 0 radical (unpaired) electrons. The maximum absolute atomic E-state index is 13.4. The highest BCUT2D eigenvalue weighted by Gasteiger charge is 2.29. The van der Waals surface area contributed by atoms with Crippen LogP contribution in [0.1, 0.15) is 36.2 Å². The second-order valence-corrected chi connectivity index (χ2v) is 10.2. The smallest absolute Gasteiger partial charge is 0.264 e. The van der Waals surface area contributed by atoms with Crippen molar-refractivity contribution in [2.75, 3.05) is 23.3 Å². The van der Waals surface area contributed by atoms with Gasteiger partial charge in [0.25, 0.3) is 15.9 Å². The van der Waals surface area contributed by atoms with Crippen LogP contribution in [0, 0.1) is 0 Å². The largest absolute Gasteiger partial charge is 0.497 e. The van der Waals surface area contributed by atoms with Crippen LogP contribution in [0.15, 0.2) is 71.6 Å². The predicted molar refractivity (Wildman–Crippen MR) is 132 cm³/mol. The van der Waals surface area contributed by atoms with E-state index in [-0.39, 0.29) is 16.9 Å². The molecule has 0 spiro atoms. The molecule has 34 heavy (non-hydrogen) atoms. The Morgan fingerprint density at radius 1 is 0.971 bits per heavy atom. The number of nitrogens with one attached hydrogen (secondary N) is 1. The zero-order chi connectivity index (χ0) is 24.3. The molecule has 3 aromatic rings. The summed E-state index contributed by atoms with van der Waals surface area (Å²) in [5.41, 5.74) is 2.52. The standard InChI is InChI=1S/C26H28N2O5S/c1-18(2)33-23-10-7-20(8-11-23)26(29)27-21-9-6-19-5-4-16-28(25(19)17-21)34(30,31)24-14-12-22(32-3)13-15-24/h6-15,17-18H,4-5,16H2,1-3H3,(H,27,29). The molecule has 0 unspecified atom stereocenters. The number of carbonyl (C=O) groups is 1. The third kappa shape index (κ3) is 5.02. The van der Waals surface area contributed by atoms with E-state index >= 15 is 0 Å². The molecule has 1 aliphatic rings. The zero-order valence-corrected chi connectivity index (χ0v) is 20.3. The Morgan fingerprint density at radius 3 is 2.29 bits per heavy atom. The molecule has 3 aromatic carbocycles. The van der Waals surface area contributed by atoms with Crippen LogP contribution in [-0.4, -0.2) is 34.1 Å². The van der Waals surface area contributed by atoms with Crippen LogP contribution >= 0.6 is 0 Å². The summed E-state index contributed by atoms with van der Waals surface area (Å²) < 4.78 is 39.0. The molecule has 8 heteroatoms. The number of anilines is 2. The van der Waals surface area contributed by atoms with E-state index in [9.17, 15) is 13.2 Å². The van der Waals surface area contributed by atoms with Crippen molar-refractivity contribution < 1.29 is 22.7 Å². The van der Waals surface area contributed by atoms with Crippen molar-refractivity contribution in [1.29, 1.82) is 0 Å². The number of benzene rings is 3. The van der Waals surface area contributed by atoms with Crippen molar-refractivity contribution >= 4 is 27.3 Å². The molecule has 1 aliphatic heterocycles. The Labute approximate surface area is 200 Å². The van der Waals surface area contributed by atoms with E-state index in [0.29, 0.717) is 35.0 Å². The molecule has 0 fully saturated rings. The first-order valence-electron chi connectivity index (χ1n) is 11.2. The summed E-state index contributed by atoms with van der Waals surface area (Å²) in [6.45, 7) is 4.25. The number of carbonyl (C=O) groups excluding carboxylic acids is 1. The lowest BCUT2D eigenvalue weighted by Crippen LogP contribution is -2.35. The van der Waals surface area contributed by atoms with Gasteiger partial charge in [-0.3, -0.25) is 9.10 Å². The first-order valence-corrected chi connectivity index (χ1v) is 12.6. The van der Waals surface area contributed by atoms with Crippen molar-refractivity contribution in [3.63, 3.8) is 0 Å². The third-order valence-corrected chi connectivity index (χ3v) is 7.38. The van der Waals surface area contributed by atoms with Crippen molar-refractivity contribution in [2.24, 2.45) is 0 Å². The van der Waals surface area contributed by atoms with E-state index in [1.165, 1.54) is 11.4 Å². The highest BCUT2D eigenvalue weighted by Crippen LogP contribution is 2.34. The lowest BCUT2D eigenvalue weighted by molar-refractivity contribution is 0.102. The number of hydrogen-bond donors (Lipinski definition) is 1. The quantitative estimate of drug-likeness (QED) is 0.521. The van der Waals surface area contributed by atoms with Gasteiger partial charge in [0.1, 0.15) is 11.5 Å². The van der Waals surface area contributed by atoms with Gasteiger partial charge in [-0.1, -0.05) is 6.07 Å². The molecule has 1 heterocycles. The minimum absolute atomic E-state index is 0.0484. The molecule has 0 aliphatic carbocycles. The van der Waals surface area contributed by atoms with Crippen molar-refractivity contribution in [3.8, 4) is 11.5 Å². The molecule has 0 aromatic heterocycles. The van der Waals surface area contributed by atoms with Gasteiger partial charge in [0.15, 0.2) is 0 Å². The fourth-order valence-corrected chi connectivity index (χ4v) is 5.44. The van der Waals surface area contributed by atoms with Crippen molar-refractivity contribution in [2.45, 2.75) is 37.7 Å². The number of methoxy groups -OCH3 is 1. The Morgan fingerprint density at radius 2 is 1.65 bits per heavy atom. The van der Waals surface area contributed by atoms with Crippen LogP contribution in [0.3, 0.4) is 0 Å². The van der Waals surface area contributed by atoms with E-state index in [1.807, 2.05) is 19.9 Å². The van der Waals surface area contributed by atoms with Gasteiger partial charge in [0, 0.05) is 17.8 Å². The first kappa shape index (κ1) is 23.6. The number of rotatable bonds is 7. The Bertz CT molecular complexity index is 1270. The van der Waals surface area contributed by atoms with Gasteiger partial charge < -0.3 is 14.8 Å². The summed E-state index contributed by atoms with van der Waals surface area (Å²) in [6, 6.07) is 18.7. The maximum atomic E-state index is 13.4. The summed E-state index contributed by atoms with van der Waals surface area (Å²) in [6.07, 6.45) is 1.54. The maximum Gasteiger partial charge on any atom is 0.264 e. The van der Waals surface area contributed by atoms with E-state index in [4.69, 9.17) is 9.47 Å². The summed E-state index contributed by atoms with van der Waals surface area (Å²) in [7, 11) is -2.23. The Balaban J connectivity index is 1.57. The minimum Gasteiger partial charge on any atom is -0.497 e. The number of ether oxygens (including phenoxy) is 2. The van der Waals surface area contributed by atoms with E-state index in [0.717, 1.165) is 18.4 Å². The SMILES string of the molecule is COc1ccc(S(=O)(=O)N2CCCc3ccc(NC(=O)c4ccc(OC(C)C)cc4)cc32)cc1. The van der Waals surface area contributed by atoms with Crippen LogP contribution in [0.4, 0.5) is 11.4 Å². The second kappa shape index (κ2) is 9.77. The van der Waals surface area contributed by atoms with Gasteiger partial charge in [-0.15, -0.1) is 0 Å². The minimum atomic E-state index is -3.76. The molecule has 0 bridgehead atoms. The highest BCUT2D eigenvalue weighted by atomic mass is 32.2. The van der Waals surface area contributed by atoms with Crippen LogP contribution in [-0.2, 0) is 16.4 Å². The Kier molecular flexibility index (Phi) is 6.79. The lowest BCUT2D eigenvalue weighted by atomic mass is 10.0. The van der Waals surface area contributed by atoms with Crippen LogP contribution in [0.2, 0.25) is 0 Å². The molecule has 0 saturated heterocycles. The van der Waals surface area contributed by atoms with Gasteiger partial charge in [-0.25, -0.2) is 8.42 Å². The number of amides is 1. The predicted octanol–water partition coefficient (Wildman–Crippen LogP) is 4.88. The number of sulfonamides is 1. The van der Waals surface area contributed by atoms with Crippen molar-refractivity contribution in [1.82, 2.24) is 0 Å². The molecule has 4 rings (SSSR count). The topological polar surface area (TPSA) is 84.9 Å². The van der Waals surface area contributed by atoms with E-state index in [1.54, 1.807) is 60.7 Å². The van der Waals surface area contributed by atoms with Crippen LogP contribution in [0.25, 0.3) is 0 Å². The number of aryl methyl sites for hydroxylation is 1. The first-order chi connectivity index (χ1) is 16.3. The van der Waals surface area contributed by atoms with E-state index in [2.05, 4.69) is 5.32 Å². The van der Waals surface area contributed by atoms with Crippen molar-refractivity contribution in [3.05, 3.63) is 77.9 Å². The highest BCUT2D eigenvalue weighted by molar-refractivity contribution is 7.92. The molecular weight excluding hydrogens is 452 g/mol. The van der Waals surface area contributed by atoms with Crippen LogP contribution in [0.5, 0.6) is 11.5 Å². The fourth-order valence-electron chi connectivity index (χ4n) is 3.90. The molecular formula is C26H28N2O5S. The summed E-state index contributed by atoms with van der Waals surface area (Å²) in [5, 5.41) is 2.88. The molecule has 1 N–H and O–H groups in total. The summed E-state index contributed by atoms with van der Waals surface area (Å²) in [5.74, 6) is 1.00. The fraction of sp³-hybridized carbons (Fsp3) is 0.269. The number of hydrogen-bond acceptors (Lipinski definition) is 5. The van der Waals surface area contributed by atoms with Gasteiger partial charge in [-0.2, -0.15) is 0 Å². The average molecular weight is 481 g/mol. The monoisotopic (exact) mass is 480 g/mol. The molecule has 178 valence electrons. The number of fused-ring (bicyclic) bond motifs is 1. The van der Waals surface area contributed by atoms with E-state index < -0.39 is 10.0 Å². The van der Waals surface area contributed by atoms with Gasteiger partial charge >= 0.3 is 0 Å². The average Bonchev–Trinajstić information content (AvgIpc) is 2.83.